The summed E-state index contributed by atoms with van der Waals surface area (Å²) in [5.74, 6) is -0.756. The highest BCUT2D eigenvalue weighted by atomic mass is 32.2. The van der Waals surface area contributed by atoms with Crippen molar-refractivity contribution in [1.29, 1.82) is 0 Å². The zero-order valence-corrected chi connectivity index (χ0v) is 25.8. The van der Waals surface area contributed by atoms with Crippen LogP contribution in [0.15, 0.2) is 114 Å². The summed E-state index contributed by atoms with van der Waals surface area (Å²) in [6.45, 7) is 5.96. The van der Waals surface area contributed by atoms with Gasteiger partial charge >= 0.3 is 0 Å². The molecular weight excluding hydrogens is 558 g/mol. The highest BCUT2D eigenvalue weighted by Crippen LogP contribution is 2.25. The summed E-state index contributed by atoms with van der Waals surface area (Å²) in [7, 11) is -4.11. The first-order valence-electron chi connectivity index (χ1n) is 14.5. The standard InChI is InChI=1S/C35H39N3O4S/c1-4-22-36-35(40)33(24-29-13-7-5-8-14-29)37(25-30-15-11-12-28(3)23-30)34(39)26-38(31-16-9-6-10-17-31)43(41,42)32-20-18-27(2)19-21-32/h5-21,23,33H,4,22,24-26H2,1-3H3,(H,36,40)/t33-/m1/s1. The van der Waals surface area contributed by atoms with E-state index in [4.69, 9.17) is 0 Å². The van der Waals surface area contributed by atoms with Gasteiger partial charge in [0.05, 0.1) is 10.6 Å². The summed E-state index contributed by atoms with van der Waals surface area (Å²) in [6.07, 6.45) is 1.02. The van der Waals surface area contributed by atoms with E-state index in [1.54, 1.807) is 54.6 Å². The van der Waals surface area contributed by atoms with Crippen LogP contribution in [0.1, 0.15) is 35.6 Å². The molecule has 0 aromatic heterocycles. The van der Waals surface area contributed by atoms with Crippen LogP contribution in [0, 0.1) is 13.8 Å². The minimum Gasteiger partial charge on any atom is -0.354 e. The first-order valence-corrected chi connectivity index (χ1v) is 15.9. The van der Waals surface area contributed by atoms with E-state index >= 15 is 0 Å². The number of sulfonamides is 1. The third-order valence-electron chi connectivity index (χ3n) is 7.19. The molecule has 224 valence electrons. The number of carbonyl (C=O) groups excluding carboxylic acids is 2. The molecule has 0 saturated carbocycles. The Kier molecular flexibility index (Phi) is 10.7. The van der Waals surface area contributed by atoms with Gasteiger partial charge in [0.25, 0.3) is 10.0 Å². The summed E-state index contributed by atoms with van der Waals surface area (Å²) in [6, 6.07) is 31.6. The van der Waals surface area contributed by atoms with Gasteiger partial charge in [-0.3, -0.25) is 13.9 Å². The second-order valence-electron chi connectivity index (χ2n) is 10.7. The normalized spacial score (nSPS) is 11.9. The molecule has 0 fully saturated rings. The predicted molar refractivity (Wildman–Crippen MR) is 171 cm³/mol. The van der Waals surface area contributed by atoms with Crippen molar-refractivity contribution >= 4 is 27.5 Å². The first kappa shape index (κ1) is 31.5. The van der Waals surface area contributed by atoms with Crippen LogP contribution >= 0.6 is 0 Å². The molecule has 1 N–H and O–H groups in total. The van der Waals surface area contributed by atoms with Crippen LogP contribution in [0.5, 0.6) is 0 Å². The number of hydrogen-bond acceptors (Lipinski definition) is 4. The smallest absolute Gasteiger partial charge is 0.264 e. The van der Waals surface area contributed by atoms with E-state index in [9.17, 15) is 18.0 Å². The molecule has 0 radical (unpaired) electrons. The van der Waals surface area contributed by atoms with E-state index in [-0.39, 0.29) is 23.8 Å². The number of hydrogen-bond donors (Lipinski definition) is 1. The zero-order valence-electron chi connectivity index (χ0n) is 24.9. The number of nitrogens with one attached hydrogen (secondary N) is 1. The number of amides is 2. The Bertz CT molecular complexity index is 1610. The molecule has 2 amide bonds. The van der Waals surface area contributed by atoms with Gasteiger partial charge in [-0.05, 0) is 55.7 Å². The minimum atomic E-state index is -4.11. The first-order chi connectivity index (χ1) is 20.7. The highest BCUT2D eigenvalue weighted by Gasteiger charge is 2.34. The molecule has 0 aliphatic carbocycles. The van der Waals surface area contributed by atoms with Crippen molar-refractivity contribution in [2.45, 2.75) is 51.1 Å². The van der Waals surface area contributed by atoms with Crippen molar-refractivity contribution in [1.82, 2.24) is 10.2 Å². The van der Waals surface area contributed by atoms with Crippen molar-refractivity contribution in [3.05, 3.63) is 131 Å². The number of aryl methyl sites for hydroxylation is 2. The van der Waals surface area contributed by atoms with E-state index in [1.165, 1.54) is 4.90 Å². The number of benzene rings is 4. The van der Waals surface area contributed by atoms with Crippen LogP contribution in [0.3, 0.4) is 0 Å². The molecule has 4 aromatic rings. The minimum absolute atomic E-state index is 0.0847. The van der Waals surface area contributed by atoms with Crippen molar-refractivity contribution in [2.24, 2.45) is 0 Å². The Morgan fingerprint density at radius 3 is 2.02 bits per heavy atom. The molecule has 43 heavy (non-hydrogen) atoms. The second kappa shape index (κ2) is 14.6. The lowest BCUT2D eigenvalue weighted by Crippen LogP contribution is -2.53. The number of nitrogens with zero attached hydrogens (tertiary/aromatic N) is 2. The molecule has 1 atom stereocenters. The van der Waals surface area contributed by atoms with Gasteiger partial charge in [0.2, 0.25) is 11.8 Å². The van der Waals surface area contributed by atoms with E-state index in [2.05, 4.69) is 5.32 Å². The van der Waals surface area contributed by atoms with Gasteiger partial charge in [-0.2, -0.15) is 0 Å². The van der Waals surface area contributed by atoms with Crippen LogP contribution in [0.4, 0.5) is 5.69 Å². The van der Waals surface area contributed by atoms with Gasteiger partial charge < -0.3 is 10.2 Å². The molecule has 0 aliphatic rings. The molecule has 0 unspecified atom stereocenters. The fraction of sp³-hybridized carbons (Fsp3) is 0.257. The Morgan fingerprint density at radius 2 is 1.40 bits per heavy atom. The third-order valence-corrected chi connectivity index (χ3v) is 8.98. The summed E-state index contributed by atoms with van der Waals surface area (Å²) >= 11 is 0. The number of anilines is 1. The topological polar surface area (TPSA) is 86.8 Å². The summed E-state index contributed by atoms with van der Waals surface area (Å²) in [4.78, 5) is 29.7. The predicted octanol–water partition coefficient (Wildman–Crippen LogP) is 5.67. The maximum atomic E-state index is 14.4. The Balaban J connectivity index is 1.78. The average molecular weight is 598 g/mol. The second-order valence-corrected chi connectivity index (χ2v) is 12.5. The molecule has 4 aromatic carbocycles. The van der Waals surface area contributed by atoms with Crippen LogP contribution < -0.4 is 9.62 Å². The molecule has 0 bridgehead atoms. The van der Waals surface area contributed by atoms with Crippen LogP contribution in [0.2, 0.25) is 0 Å². The lowest BCUT2D eigenvalue weighted by atomic mass is 10.0. The van der Waals surface area contributed by atoms with E-state index in [0.29, 0.717) is 12.2 Å². The maximum Gasteiger partial charge on any atom is 0.264 e. The molecular formula is C35H39N3O4S. The van der Waals surface area contributed by atoms with Gasteiger partial charge in [0.1, 0.15) is 12.6 Å². The number of para-hydroxylation sites is 1. The summed E-state index contributed by atoms with van der Waals surface area (Å²) in [5, 5.41) is 2.97. The van der Waals surface area contributed by atoms with Crippen molar-refractivity contribution < 1.29 is 18.0 Å². The lowest BCUT2D eigenvalue weighted by Gasteiger charge is -2.34. The Hall–Kier alpha value is -4.43. The quantitative estimate of drug-likeness (QED) is 0.215. The van der Waals surface area contributed by atoms with Crippen LogP contribution in [0.25, 0.3) is 0 Å². The fourth-order valence-corrected chi connectivity index (χ4v) is 6.30. The Labute approximate surface area is 255 Å². The van der Waals surface area contributed by atoms with E-state index in [0.717, 1.165) is 33.0 Å². The summed E-state index contributed by atoms with van der Waals surface area (Å²) < 4.78 is 29.2. The molecule has 0 heterocycles. The van der Waals surface area contributed by atoms with Gasteiger partial charge in [-0.15, -0.1) is 0 Å². The van der Waals surface area contributed by atoms with Gasteiger partial charge in [0.15, 0.2) is 0 Å². The maximum absolute atomic E-state index is 14.4. The summed E-state index contributed by atoms with van der Waals surface area (Å²) in [5.41, 5.74) is 4.05. The molecule has 0 aliphatic heterocycles. The molecule has 4 rings (SSSR count). The lowest BCUT2D eigenvalue weighted by molar-refractivity contribution is -0.140. The zero-order chi connectivity index (χ0) is 30.8. The Morgan fingerprint density at radius 1 is 0.767 bits per heavy atom. The SMILES string of the molecule is CCCNC(=O)[C@@H](Cc1ccccc1)N(Cc1cccc(C)c1)C(=O)CN(c1ccccc1)S(=O)(=O)c1ccc(C)cc1. The third kappa shape index (κ3) is 8.32. The van der Waals surface area contributed by atoms with Crippen molar-refractivity contribution in [2.75, 3.05) is 17.4 Å². The van der Waals surface area contributed by atoms with E-state index < -0.39 is 28.5 Å². The van der Waals surface area contributed by atoms with Crippen molar-refractivity contribution in [3.63, 3.8) is 0 Å². The average Bonchev–Trinajstić information content (AvgIpc) is 3.01. The molecule has 8 heteroatoms. The fourth-order valence-electron chi connectivity index (χ4n) is 4.89. The largest absolute Gasteiger partial charge is 0.354 e. The number of rotatable bonds is 13. The molecule has 7 nitrogen and oxygen atoms in total. The van der Waals surface area contributed by atoms with E-state index in [1.807, 2.05) is 75.4 Å². The molecule has 0 saturated heterocycles. The monoisotopic (exact) mass is 597 g/mol. The number of carbonyl (C=O) groups is 2. The van der Waals surface area contributed by atoms with Crippen LogP contribution in [-0.2, 0) is 32.6 Å². The van der Waals surface area contributed by atoms with Crippen LogP contribution in [-0.4, -0.2) is 44.3 Å². The van der Waals surface area contributed by atoms with Gasteiger partial charge in [0, 0.05) is 19.5 Å². The molecule has 0 spiro atoms. The highest BCUT2D eigenvalue weighted by molar-refractivity contribution is 7.92. The van der Waals surface area contributed by atoms with Gasteiger partial charge in [-0.25, -0.2) is 8.42 Å². The van der Waals surface area contributed by atoms with Crippen molar-refractivity contribution in [3.8, 4) is 0 Å². The van der Waals surface area contributed by atoms with Gasteiger partial charge in [-0.1, -0.05) is 103 Å².